The normalized spacial score (nSPS) is 10.4. The molecule has 6 heteroatoms. The third-order valence-electron chi connectivity index (χ3n) is 3.80. The van der Waals surface area contributed by atoms with Crippen LogP contribution in [0.2, 0.25) is 5.02 Å². The largest absolute Gasteiger partial charge is 0.368 e. The molecule has 3 rings (SSSR count). The molecule has 1 aromatic heterocycles. The van der Waals surface area contributed by atoms with Crippen molar-refractivity contribution in [2.24, 2.45) is 0 Å². The first-order valence-corrected chi connectivity index (χ1v) is 8.66. The van der Waals surface area contributed by atoms with Gasteiger partial charge in [0.1, 0.15) is 11.5 Å². The Labute approximate surface area is 157 Å². The van der Waals surface area contributed by atoms with Gasteiger partial charge in [0, 0.05) is 17.3 Å². The molecule has 0 spiro atoms. The second kappa shape index (κ2) is 8.45. The van der Waals surface area contributed by atoms with Gasteiger partial charge in [-0.25, -0.2) is 9.97 Å². The molecule has 1 amide bonds. The van der Waals surface area contributed by atoms with Gasteiger partial charge in [-0.1, -0.05) is 41.4 Å². The molecule has 1 heterocycles. The molecule has 0 unspecified atom stereocenters. The molecule has 0 fully saturated rings. The van der Waals surface area contributed by atoms with E-state index in [4.69, 9.17) is 11.6 Å². The van der Waals surface area contributed by atoms with Gasteiger partial charge in [0.2, 0.25) is 0 Å². The molecule has 0 saturated carbocycles. The predicted molar refractivity (Wildman–Crippen MR) is 105 cm³/mol. The van der Waals surface area contributed by atoms with Crippen molar-refractivity contribution >= 4 is 29.0 Å². The summed E-state index contributed by atoms with van der Waals surface area (Å²) in [5.41, 5.74) is 3.28. The van der Waals surface area contributed by atoms with Crippen LogP contribution in [0.3, 0.4) is 0 Å². The second-order valence-corrected chi connectivity index (χ2v) is 6.35. The maximum absolute atomic E-state index is 12.2. The quantitative estimate of drug-likeness (QED) is 0.680. The van der Waals surface area contributed by atoms with Gasteiger partial charge < -0.3 is 10.6 Å². The lowest BCUT2D eigenvalue weighted by molar-refractivity contribution is 0.102. The van der Waals surface area contributed by atoms with Gasteiger partial charge in [0.05, 0.1) is 12.4 Å². The van der Waals surface area contributed by atoms with Crippen LogP contribution in [0.25, 0.3) is 0 Å². The Morgan fingerprint density at radius 1 is 1.08 bits per heavy atom. The maximum atomic E-state index is 12.2. The summed E-state index contributed by atoms with van der Waals surface area (Å²) < 4.78 is 0. The summed E-state index contributed by atoms with van der Waals surface area (Å²) in [7, 11) is 0. The highest BCUT2D eigenvalue weighted by atomic mass is 35.5. The second-order valence-electron chi connectivity index (χ2n) is 5.91. The highest BCUT2D eigenvalue weighted by Gasteiger charge is 2.08. The van der Waals surface area contributed by atoms with Crippen molar-refractivity contribution in [3.8, 4) is 0 Å². The highest BCUT2D eigenvalue weighted by Crippen LogP contribution is 2.12. The predicted octanol–water partition coefficient (Wildman–Crippen LogP) is 4.35. The molecule has 2 N–H and O–H groups in total. The number of hydrogen-bond donors (Lipinski definition) is 2. The van der Waals surface area contributed by atoms with Crippen LogP contribution in [0.15, 0.2) is 60.9 Å². The minimum Gasteiger partial charge on any atom is -0.368 e. The van der Waals surface area contributed by atoms with Crippen LogP contribution < -0.4 is 10.6 Å². The van der Waals surface area contributed by atoms with Gasteiger partial charge in [-0.3, -0.25) is 4.79 Å². The molecule has 132 valence electrons. The molecule has 3 aromatic rings. The third-order valence-corrected chi connectivity index (χ3v) is 4.04. The molecule has 0 aliphatic rings. The van der Waals surface area contributed by atoms with E-state index in [0.29, 0.717) is 12.4 Å². The molecule has 5 nitrogen and oxygen atoms in total. The first kappa shape index (κ1) is 17.9. The van der Waals surface area contributed by atoms with Crippen LogP contribution in [-0.2, 0) is 6.42 Å². The van der Waals surface area contributed by atoms with E-state index in [9.17, 15) is 4.79 Å². The average Bonchev–Trinajstić information content (AvgIpc) is 2.64. The summed E-state index contributed by atoms with van der Waals surface area (Å²) >= 11 is 5.97. The number of carbonyl (C=O) groups excluding carboxylic acids is 1. The Morgan fingerprint density at radius 2 is 1.88 bits per heavy atom. The van der Waals surface area contributed by atoms with E-state index in [1.807, 2.05) is 55.5 Å². The molecular formula is C20H19ClN4O. The minimum atomic E-state index is -0.285. The summed E-state index contributed by atoms with van der Waals surface area (Å²) in [6.07, 6.45) is 3.84. The van der Waals surface area contributed by atoms with E-state index in [1.165, 1.54) is 6.20 Å². The number of nitrogens with one attached hydrogen (secondary N) is 2. The molecule has 0 atom stereocenters. The lowest BCUT2D eigenvalue weighted by Crippen LogP contribution is -2.15. The van der Waals surface area contributed by atoms with Crippen LogP contribution in [-0.4, -0.2) is 22.4 Å². The molecule has 0 saturated heterocycles. The average molecular weight is 367 g/mol. The van der Waals surface area contributed by atoms with Gasteiger partial charge in [-0.15, -0.1) is 0 Å². The number of anilines is 2. The van der Waals surface area contributed by atoms with Crippen molar-refractivity contribution in [2.75, 3.05) is 17.2 Å². The van der Waals surface area contributed by atoms with Crippen molar-refractivity contribution in [2.45, 2.75) is 13.3 Å². The number of hydrogen-bond acceptors (Lipinski definition) is 4. The van der Waals surface area contributed by atoms with Crippen LogP contribution in [0.1, 0.15) is 21.6 Å². The molecule has 26 heavy (non-hydrogen) atoms. The number of benzene rings is 2. The van der Waals surface area contributed by atoms with Crippen LogP contribution in [0, 0.1) is 6.92 Å². The number of aromatic nitrogens is 2. The number of amides is 1. The zero-order chi connectivity index (χ0) is 18.4. The molecular weight excluding hydrogens is 348 g/mol. The van der Waals surface area contributed by atoms with E-state index >= 15 is 0 Å². The van der Waals surface area contributed by atoms with E-state index in [2.05, 4.69) is 20.6 Å². The first-order valence-electron chi connectivity index (χ1n) is 8.28. The van der Waals surface area contributed by atoms with E-state index in [1.54, 1.807) is 6.20 Å². The summed E-state index contributed by atoms with van der Waals surface area (Å²) in [5.74, 6) is 0.339. The van der Waals surface area contributed by atoms with Crippen molar-refractivity contribution < 1.29 is 4.79 Å². The summed E-state index contributed by atoms with van der Waals surface area (Å²) in [6.45, 7) is 2.69. The third kappa shape index (κ3) is 5.04. The Balaban J connectivity index is 1.52. The summed E-state index contributed by atoms with van der Waals surface area (Å²) in [4.78, 5) is 20.6. The Kier molecular flexibility index (Phi) is 5.81. The number of aryl methyl sites for hydroxylation is 1. The number of nitrogens with zero attached hydrogens (tertiary/aromatic N) is 2. The van der Waals surface area contributed by atoms with Crippen molar-refractivity contribution in [3.05, 3.63) is 82.8 Å². The van der Waals surface area contributed by atoms with Crippen molar-refractivity contribution in [3.63, 3.8) is 0 Å². The van der Waals surface area contributed by atoms with Crippen molar-refractivity contribution in [1.82, 2.24) is 9.97 Å². The van der Waals surface area contributed by atoms with Crippen LogP contribution in [0.4, 0.5) is 11.5 Å². The van der Waals surface area contributed by atoms with Crippen LogP contribution in [0.5, 0.6) is 0 Å². The van der Waals surface area contributed by atoms with E-state index < -0.39 is 0 Å². The van der Waals surface area contributed by atoms with Gasteiger partial charge in [-0.05, 0) is 43.2 Å². The highest BCUT2D eigenvalue weighted by molar-refractivity contribution is 6.30. The zero-order valence-electron chi connectivity index (χ0n) is 14.4. The van der Waals surface area contributed by atoms with E-state index in [0.717, 1.165) is 28.3 Å². The fraction of sp³-hybridized carbons (Fsp3) is 0.150. The Hall–Kier alpha value is -2.92. The monoisotopic (exact) mass is 366 g/mol. The van der Waals surface area contributed by atoms with Crippen molar-refractivity contribution in [1.29, 1.82) is 0 Å². The molecule has 0 radical (unpaired) electrons. The maximum Gasteiger partial charge on any atom is 0.275 e. The summed E-state index contributed by atoms with van der Waals surface area (Å²) in [6, 6.07) is 15.3. The number of halogens is 1. The summed E-state index contributed by atoms with van der Waals surface area (Å²) in [5, 5.41) is 6.71. The Morgan fingerprint density at radius 3 is 2.58 bits per heavy atom. The fourth-order valence-corrected chi connectivity index (χ4v) is 2.61. The lowest BCUT2D eigenvalue weighted by Gasteiger charge is -2.07. The fourth-order valence-electron chi connectivity index (χ4n) is 2.40. The smallest absolute Gasteiger partial charge is 0.275 e. The number of rotatable bonds is 6. The van der Waals surface area contributed by atoms with Gasteiger partial charge in [0.15, 0.2) is 0 Å². The minimum absolute atomic E-state index is 0.269. The molecule has 2 aromatic carbocycles. The topological polar surface area (TPSA) is 66.9 Å². The molecule has 0 aliphatic carbocycles. The Bertz CT molecular complexity index is 879. The van der Waals surface area contributed by atoms with Gasteiger partial charge in [-0.2, -0.15) is 0 Å². The number of carbonyl (C=O) groups is 1. The zero-order valence-corrected chi connectivity index (χ0v) is 15.1. The van der Waals surface area contributed by atoms with Gasteiger partial charge >= 0.3 is 0 Å². The first-order chi connectivity index (χ1) is 12.6. The SMILES string of the molecule is Cc1ccc(NC(=O)c2cnc(NCCc3cccc(Cl)c3)cn2)cc1. The van der Waals surface area contributed by atoms with Gasteiger partial charge in [0.25, 0.3) is 5.91 Å². The molecule has 0 bridgehead atoms. The van der Waals surface area contributed by atoms with Crippen LogP contribution >= 0.6 is 11.6 Å². The van der Waals surface area contributed by atoms with E-state index in [-0.39, 0.29) is 11.6 Å². The lowest BCUT2D eigenvalue weighted by atomic mass is 10.1. The molecule has 0 aliphatic heterocycles. The standard InChI is InChI=1S/C20H19ClN4O/c1-14-5-7-17(8-6-14)25-20(26)18-12-24-19(13-23-18)22-10-9-15-3-2-4-16(21)11-15/h2-8,11-13H,9-10H2,1H3,(H,22,24)(H,25,26).